The standard InChI is InChI=1S/C31H46FN3O6S/c1-22(2)20-35(42(39,40)27-16-10-23(3)11-17-27)26(21-36)9-7-8-18-33-29(37)28(34-30(38)41-31(4,5)6)19-24-12-14-25(32)15-13-24/h10-17,22,26,28,36H,7-9,18-21H2,1-6H3,(H,33,37)(H,34,38)/t26-,28-/m0/s1. The van der Waals surface area contributed by atoms with Gasteiger partial charge in [0.25, 0.3) is 0 Å². The second-order valence-corrected chi connectivity index (χ2v) is 13.8. The lowest BCUT2D eigenvalue weighted by atomic mass is 10.0. The number of nitrogens with zero attached hydrogens (tertiary/aromatic N) is 1. The van der Waals surface area contributed by atoms with E-state index in [2.05, 4.69) is 10.6 Å². The van der Waals surface area contributed by atoms with Crippen molar-refractivity contribution < 1.29 is 32.2 Å². The van der Waals surface area contributed by atoms with Crippen molar-refractivity contribution in [3.8, 4) is 0 Å². The van der Waals surface area contributed by atoms with Crippen LogP contribution in [0.4, 0.5) is 9.18 Å². The van der Waals surface area contributed by atoms with E-state index >= 15 is 0 Å². The van der Waals surface area contributed by atoms with Crippen LogP contribution in [0.5, 0.6) is 0 Å². The van der Waals surface area contributed by atoms with Crippen molar-refractivity contribution in [3.63, 3.8) is 0 Å². The number of alkyl carbamates (subject to hydrolysis) is 1. The molecule has 0 aromatic heterocycles. The minimum Gasteiger partial charge on any atom is -0.444 e. The molecule has 0 aliphatic heterocycles. The summed E-state index contributed by atoms with van der Waals surface area (Å²) in [4.78, 5) is 25.6. The Morgan fingerprint density at radius 2 is 1.64 bits per heavy atom. The van der Waals surface area contributed by atoms with Gasteiger partial charge in [-0.1, -0.05) is 50.1 Å². The molecular formula is C31H46FN3O6S. The number of ether oxygens (including phenoxy) is 1. The van der Waals surface area contributed by atoms with Gasteiger partial charge in [-0.05, 0) is 76.3 Å². The van der Waals surface area contributed by atoms with E-state index in [-0.39, 0.29) is 36.9 Å². The van der Waals surface area contributed by atoms with E-state index in [1.54, 1.807) is 57.2 Å². The summed E-state index contributed by atoms with van der Waals surface area (Å²) in [7, 11) is -3.82. The Hall–Kier alpha value is -3.02. The molecule has 3 N–H and O–H groups in total. The van der Waals surface area contributed by atoms with Gasteiger partial charge in [-0.25, -0.2) is 17.6 Å². The molecule has 2 aromatic carbocycles. The fourth-order valence-electron chi connectivity index (χ4n) is 4.33. The van der Waals surface area contributed by atoms with Crippen LogP contribution < -0.4 is 10.6 Å². The van der Waals surface area contributed by atoms with Gasteiger partial charge in [0.2, 0.25) is 15.9 Å². The number of aliphatic hydroxyl groups excluding tert-OH is 1. The second kappa shape index (κ2) is 16.0. The van der Waals surface area contributed by atoms with Crippen LogP contribution in [-0.2, 0) is 26.0 Å². The van der Waals surface area contributed by atoms with E-state index in [1.165, 1.54) is 16.4 Å². The summed E-state index contributed by atoms with van der Waals surface area (Å²) >= 11 is 0. The molecule has 11 heteroatoms. The number of sulfonamides is 1. The number of benzene rings is 2. The van der Waals surface area contributed by atoms with Crippen LogP contribution in [0.3, 0.4) is 0 Å². The van der Waals surface area contributed by atoms with Crippen LogP contribution in [0.15, 0.2) is 53.4 Å². The number of carbonyl (C=O) groups excluding carboxylic acids is 2. The minimum atomic E-state index is -3.82. The second-order valence-electron chi connectivity index (χ2n) is 11.9. The summed E-state index contributed by atoms with van der Waals surface area (Å²) in [6.07, 6.45) is 0.873. The van der Waals surface area contributed by atoms with Crippen LogP contribution in [0.25, 0.3) is 0 Å². The highest BCUT2D eigenvalue weighted by atomic mass is 32.2. The smallest absolute Gasteiger partial charge is 0.408 e. The number of unbranched alkanes of at least 4 members (excludes halogenated alkanes) is 1. The summed E-state index contributed by atoms with van der Waals surface area (Å²) in [6.45, 7) is 11.1. The van der Waals surface area contributed by atoms with Gasteiger partial charge in [-0.3, -0.25) is 4.79 Å². The Bertz CT molecular complexity index is 1240. The van der Waals surface area contributed by atoms with Gasteiger partial charge in [0.1, 0.15) is 17.5 Å². The average Bonchev–Trinajstić information content (AvgIpc) is 2.89. The van der Waals surface area contributed by atoms with Gasteiger partial charge in [0.15, 0.2) is 0 Å². The van der Waals surface area contributed by atoms with Crippen molar-refractivity contribution in [1.29, 1.82) is 0 Å². The van der Waals surface area contributed by atoms with E-state index in [1.807, 2.05) is 20.8 Å². The van der Waals surface area contributed by atoms with Gasteiger partial charge in [-0.15, -0.1) is 0 Å². The van der Waals surface area contributed by atoms with Crippen LogP contribution in [0.2, 0.25) is 0 Å². The van der Waals surface area contributed by atoms with E-state index in [9.17, 15) is 27.5 Å². The number of amides is 2. The third-order valence-corrected chi connectivity index (χ3v) is 8.35. The fraction of sp³-hybridized carbons (Fsp3) is 0.548. The number of hydrogen-bond donors (Lipinski definition) is 3. The molecule has 0 saturated heterocycles. The number of nitrogens with one attached hydrogen (secondary N) is 2. The molecular weight excluding hydrogens is 561 g/mol. The Morgan fingerprint density at radius 3 is 2.19 bits per heavy atom. The van der Waals surface area contributed by atoms with Gasteiger partial charge in [0.05, 0.1) is 11.5 Å². The maximum absolute atomic E-state index is 13.5. The first-order valence-electron chi connectivity index (χ1n) is 14.3. The third kappa shape index (κ3) is 11.7. The van der Waals surface area contributed by atoms with Gasteiger partial charge in [-0.2, -0.15) is 4.31 Å². The normalized spacial score (nSPS) is 13.6. The zero-order valence-electron chi connectivity index (χ0n) is 25.5. The third-order valence-electron chi connectivity index (χ3n) is 6.41. The SMILES string of the molecule is Cc1ccc(S(=O)(=O)N(CC(C)C)[C@H](CO)CCCCNC(=O)[C@H](Cc2ccc(F)cc2)NC(=O)OC(C)(C)C)cc1. The summed E-state index contributed by atoms with van der Waals surface area (Å²) in [5, 5.41) is 15.6. The molecule has 0 spiro atoms. The topological polar surface area (TPSA) is 125 Å². The lowest BCUT2D eigenvalue weighted by Gasteiger charge is -2.31. The molecule has 0 heterocycles. The predicted octanol–water partition coefficient (Wildman–Crippen LogP) is 4.56. The fourth-order valence-corrected chi connectivity index (χ4v) is 6.14. The Labute approximate surface area is 249 Å². The number of aliphatic hydroxyl groups is 1. The van der Waals surface area contributed by atoms with Crippen molar-refractivity contribution in [2.75, 3.05) is 19.7 Å². The van der Waals surface area contributed by atoms with Gasteiger partial charge in [0, 0.05) is 25.6 Å². The lowest BCUT2D eigenvalue weighted by molar-refractivity contribution is -0.123. The maximum atomic E-state index is 13.5. The van der Waals surface area contributed by atoms with Crippen LogP contribution >= 0.6 is 0 Å². The maximum Gasteiger partial charge on any atom is 0.408 e. The Kier molecular flexibility index (Phi) is 13.4. The molecule has 0 aliphatic rings. The number of aryl methyl sites for hydroxylation is 1. The van der Waals surface area contributed by atoms with Crippen molar-refractivity contribution in [3.05, 3.63) is 65.5 Å². The van der Waals surface area contributed by atoms with Gasteiger partial charge >= 0.3 is 6.09 Å². The zero-order chi connectivity index (χ0) is 31.5. The monoisotopic (exact) mass is 607 g/mol. The van der Waals surface area contributed by atoms with Crippen molar-refractivity contribution >= 4 is 22.0 Å². The van der Waals surface area contributed by atoms with Crippen LogP contribution in [0.1, 0.15) is 65.0 Å². The van der Waals surface area contributed by atoms with E-state index in [0.29, 0.717) is 24.8 Å². The number of halogens is 1. The number of hydrogen-bond acceptors (Lipinski definition) is 6. The molecule has 2 rings (SSSR count). The van der Waals surface area contributed by atoms with E-state index in [0.717, 1.165) is 5.56 Å². The predicted molar refractivity (Wildman–Crippen MR) is 161 cm³/mol. The van der Waals surface area contributed by atoms with Crippen LogP contribution in [-0.4, -0.2) is 67.2 Å². The molecule has 0 radical (unpaired) electrons. The lowest BCUT2D eigenvalue weighted by Crippen LogP contribution is -2.49. The highest BCUT2D eigenvalue weighted by Crippen LogP contribution is 2.23. The molecule has 0 unspecified atom stereocenters. The molecule has 42 heavy (non-hydrogen) atoms. The van der Waals surface area contributed by atoms with Gasteiger partial charge < -0.3 is 20.5 Å². The molecule has 0 aliphatic carbocycles. The number of carbonyl (C=O) groups is 2. The van der Waals surface area contributed by atoms with E-state index < -0.39 is 45.5 Å². The molecule has 9 nitrogen and oxygen atoms in total. The average molecular weight is 608 g/mol. The van der Waals surface area contributed by atoms with E-state index in [4.69, 9.17) is 4.74 Å². The van der Waals surface area contributed by atoms with Crippen molar-refractivity contribution in [2.45, 2.75) is 89.8 Å². The molecule has 0 saturated carbocycles. The highest BCUT2D eigenvalue weighted by Gasteiger charge is 2.31. The minimum absolute atomic E-state index is 0.0501. The zero-order valence-corrected chi connectivity index (χ0v) is 26.3. The summed E-state index contributed by atoms with van der Waals surface area (Å²) in [5.74, 6) is -0.777. The first-order chi connectivity index (χ1) is 19.6. The summed E-state index contributed by atoms with van der Waals surface area (Å²) < 4.78 is 47.0. The van der Waals surface area contributed by atoms with Crippen molar-refractivity contribution in [2.24, 2.45) is 5.92 Å². The molecule has 2 aromatic rings. The molecule has 0 fully saturated rings. The molecule has 234 valence electrons. The Balaban J connectivity index is 2.01. The molecule has 2 atom stereocenters. The molecule has 0 bridgehead atoms. The Morgan fingerprint density at radius 1 is 1.02 bits per heavy atom. The first-order valence-corrected chi connectivity index (χ1v) is 15.8. The van der Waals surface area contributed by atoms with Crippen LogP contribution in [0, 0.1) is 18.7 Å². The number of rotatable bonds is 15. The quantitative estimate of drug-likeness (QED) is 0.255. The highest BCUT2D eigenvalue weighted by molar-refractivity contribution is 7.89. The molecule has 2 amide bonds. The largest absolute Gasteiger partial charge is 0.444 e. The summed E-state index contributed by atoms with van der Waals surface area (Å²) in [6, 6.07) is 10.8. The van der Waals surface area contributed by atoms with Crippen molar-refractivity contribution in [1.82, 2.24) is 14.9 Å². The first kappa shape index (κ1) is 35.2. The summed E-state index contributed by atoms with van der Waals surface area (Å²) in [5.41, 5.74) is 0.866.